The van der Waals surface area contributed by atoms with Crippen LogP contribution in [-0.2, 0) is 13.1 Å². The Hall–Kier alpha value is -2.14. The summed E-state index contributed by atoms with van der Waals surface area (Å²) in [4.78, 5) is 4.60. The molecular weight excluding hydrogens is 312 g/mol. The highest BCUT2D eigenvalue weighted by atomic mass is 35.5. The fraction of sp³-hybridized carbons (Fsp3) is 0.353. The molecule has 5 nitrogen and oxygen atoms in total. The van der Waals surface area contributed by atoms with E-state index in [9.17, 15) is 0 Å². The number of aliphatic imine (C=N–C) groups is 1. The number of ether oxygens (including phenoxy) is 1. The van der Waals surface area contributed by atoms with E-state index in [-0.39, 0.29) is 0 Å². The third-order valence-corrected chi connectivity index (χ3v) is 3.56. The van der Waals surface area contributed by atoms with Crippen molar-refractivity contribution in [2.75, 3.05) is 20.2 Å². The minimum absolute atomic E-state index is 0.527. The largest absolute Gasteiger partial charge is 0.496 e. The molecule has 2 rings (SSSR count). The fourth-order valence-electron chi connectivity index (χ4n) is 2.18. The Balaban J connectivity index is 1.95. The molecule has 2 aromatic rings. The summed E-state index contributed by atoms with van der Waals surface area (Å²) in [6, 6.07) is 9.63. The molecule has 1 aromatic carbocycles. The van der Waals surface area contributed by atoms with Crippen molar-refractivity contribution >= 4 is 17.6 Å². The lowest BCUT2D eigenvalue weighted by atomic mass is 10.2. The molecule has 0 aliphatic rings. The van der Waals surface area contributed by atoms with E-state index in [4.69, 9.17) is 16.3 Å². The number of methoxy groups -OCH3 is 1. The first-order chi connectivity index (χ1) is 11.2. The standard InChI is InChI=1S/C17H23ClN4O/c1-3-19-17(20-8-11-22-9-4-5-10-22)21-13-14-6-7-15(18)12-16(14)23-2/h4-7,9-10,12H,3,8,11,13H2,1-2H3,(H2,19,20,21). The summed E-state index contributed by atoms with van der Waals surface area (Å²) in [7, 11) is 1.64. The van der Waals surface area contributed by atoms with Crippen molar-refractivity contribution in [1.82, 2.24) is 15.2 Å². The molecule has 0 saturated heterocycles. The number of rotatable bonds is 7. The molecule has 124 valence electrons. The molecule has 0 bridgehead atoms. The first-order valence-corrected chi connectivity index (χ1v) is 8.06. The molecule has 0 amide bonds. The van der Waals surface area contributed by atoms with E-state index >= 15 is 0 Å². The maximum absolute atomic E-state index is 5.98. The molecule has 0 aliphatic carbocycles. The molecule has 0 saturated carbocycles. The van der Waals surface area contributed by atoms with Crippen molar-refractivity contribution in [1.29, 1.82) is 0 Å². The number of halogens is 1. The molecule has 0 atom stereocenters. The predicted molar refractivity (Wildman–Crippen MR) is 95.3 cm³/mol. The molecule has 1 heterocycles. The molecule has 0 aliphatic heterocycles. The summed E-state index contributed by atoms with van der Waals surface area (Å²) in [5.41, 5.74) is 1.000. The van der Waals surface area contributed by atoms with Gasteiger partial charge < -0.3 is 19.9 Å². The van der Waals surface area contributed by atoms with E-state index in [1.165, 1.54) is 0 Å². The molecule has 6 heteroatoms. The summed E-state index contributed by atoms with van der Waals surface area (Å²) < 4.78 is 7.47. The predicted octanol–water partition coefficient (Wildman–Crippen LogP) is 2.91. The number of aromatic nitrogens is 1. The van der Waals surface area contributed by atoms with E-state index in [1.807, 2.05) is 43.6 Å². The van der Waals surface area contributed by atoms with E-state index in [0.29, 0.717) is 11.6 Å². The van der Waals surface area contributed by atoms with E-state index < -0.39 is 0 Å². The second kappa shape index (κ2) is 9.10. The maximum atomic E-state index is 5.98. The summed E-state index contributed by atoms with van der Waals surface area (Å²) in [6.07, 6.45) is 4.09. The summed E-state index contributed by atoms with van der Waals surface area (Å²) in [5, 5.41) is 7.23. The molecule has 0 radical (unpaired) electrons. The summed E-state index contributed by atoms with van der Waals surface area (Å²) in [6.45, 7) is 5.08. The topological polar surface area (TPSA) is 50.6 Å². The Bertz CT molecular complexity index is 626. The molecule has 0 fully saturated rings. The van der Waals surface area contributed by atoms with Gasteiger partial charge in [0.05, 0.1) is 13.7 Å². The van der Waals surface area contributed by atoms with E-state index in [0.717, 1.165) is 36.9 Å². The zero-order valence-electron chi connectivity index (χ0n) is 13.6. The Morgan fingerprint density at radius 2 is 2.04 bits per heavy atom. The van der Waals surface area contributed by atoms with Gasteiger partial charge >= 0.3 is 0 Å². The van der Waals surface area contributed by atoms with Gasteiger partial charge in [-0.15, -0.1) is 0 Å². The van der Waals surface area contributed by atoms with E-state index in [2.05, 4.69) is 20.2 Å². The van der Waals surface area contributed by atoms with Crippen LogP contribution in [0.3, 0.4) is 0 Å². The van der Waals surface area contributed by atoms with Gasteiger partial charge in [0, 0.05) is 42.6 Å². The van der Waals surface area contributed by atoms with Gasteiger partial charge in [0.25, 0.3) is 0 Å². The average Bonchev–Trinajstić information content (AvgIpc) is 3.06. The lowest BCUT2D eigenvalue weighted by Crippen LogP contribution is -2.38. The van der Waals surface area contributed by atoms with Crippen LogP contribution in [-0.4, -0.2) is 30.7 Å². The van der Waals surface area contributed by atoms with Gasteiger partial charge in [-0.3, -0.25) is 0 Å². The smallest absolute Gasteiger partial charge is 0.191 e. The molecule has 23 heavy (non-hydrogen) atoms. The molecular formula is C17H23ClN4O. The minimum Gasteiger partial charge on any atom is -0.496 e. The molecule has 0 unspecified atom stereocenters. The third kappa shape index (κ3) is 5.53. The Morgan fingerprint density at radius 1 is 1.26 bits per heavy atom. The third-order valence-electron chi connectivity index (χ3n) is 3.33. The Labute approximate surface area is 142 Å². The highest BCUT2D eigenvalue weighted by molar-refractivity contribution is 6.30. The van der Waals surface area contributed by atoms with Crippen LogP contribution in [0.4, 0.5) is 0 Å². The number of nitrogens with one attached hydrogen (secondary N) is 2. The number of hydrogen-bond acceptors (Lipinski definition) is 2. The van der Waals surface area contributed by atoms with Gasteiger partial charge in [0.15, 0.2) is 5.96 Å². The van der Waals surface area contributed by atoms with Gasteiger partial charge in [0.2, 0.25) is 0 Å². The number of benzene rings is 1. The van der Waals surface area contributed by atoms with Crippen molar-refractivity contribution in [3.63, 3.8) is 0 Å². The van der Waals surface area contributed by atoms with Crippen molar-refractivity contribution in [2.45, 2.75) is 20.0 Å². The maximum Gasteiger partial charge on any atom is 0.191 e. The summed E-state index contributed by atoms with van der Waals surface area (Å²) >= 11 is 5.98. The first kappa shape index (κ1) is 17.2. The van der Waals surface area contributed by atoms with Gasteiger partial charge in [-0.1, -0.05) is 17.7 Å². The van der Waals surface area contributed by atoms with Crippen LogP contribution >= 0.6 is 11.6 Å². The van der Waals surface area contributed by atoms with Gasteiger partial charge in [-0.05, 0) is 31.2 Å². The number of hydrogen-bond donors (Lipinski definition) is 2. The first-order valence-electron chi connectivity index (χ1n) is 7.68. The van der Waals surface area contributed by atoms with Crippen LogP contribution < -0.4 is 15.4 Å². The van der Waals surface area contributed by atoms with E-state index in [1.54, 1.807) is 13.2 Å². The molecule has 0 spiro atoms. The van der Waals surface area contributed by atoms with Crippen LogP contribution in [0.25, 0.3) is 0 Å². The Kier molecular flexibility index (Phi) is 6.81. The quantitative estimate of drug-likeness (QED) is 0.604. The van der Waals surface area contributed by atoms with Crippen molar-refractivity contribution in [2.24, 2.45) is 4.99 Å². The lowest BCUT2D eigenvalue weighted by Gasteiger charge is -2.12. The second-order valence-electron chi connectivity index (χ2n) is 5.00. The highest BCUT2D eigenvalue weighted by Crippen LogP contribution is 2.23. The van der Waals surface area contributed by atoms with Crippen LogP contribution in [0.1, 0.15) is 12.5 Å². The van der Waals surface area contributed by atoms with Crippen LogP contribution in [0.5, 0.6) is 5.75 Å². The summed E-state index contributed by atoms with van der Waals surface area (Å²) in [5.74, 6) is 1.54. The second-order valence-corrected chi connectivity index (χ2v) is 5.44. The zero-order valence-corrected chi connectivity index (χ0v) is 14.3. The SMILES string of the molecule is CCNC(=NCc1ccc(Cl)cc1OC)NCCn1cccc1. The molecule has 2 N–H and O–H groups in total. The normalized spacial score (nSPS) is 11.3. The zero-order chi connectivity index (χ0) is 16.5. The fourth-order valence-corrected chi connectivity index (χ4v) is 2.34. The monoisotopic (exact) mass is 334 g/mol. The average molecular weight is 335 g/mol. The van der Waals surface area contributed by atoms with Crippen LogP contribution in [0, 0.1) is 0 Å². The molecule has 1 aromatic heterocycles. The lowest BCUT2D eigenvalue weighted by molar-refractivity contribution is 0.410. The number of guanidine groups is 1. The van der Waals surface area contributed by atoms with Crippen molar-refractivity contribution in [3.8, 4) is 5.75 Å². The van der Waals surface area contributed by atoms with Gasteiger partial charge in [0.1, 0.15) is 5.75 Å². The van der Waals surface area contributed by atoms with Crippen LogP contribution in [0.15, 0.2) is 47.7 Å². The number of nitrogens with zero attached hydrogens (tertiary/aromatic N) is 2. The minimum atomic E-state index is 0.527. The highest BCUT2D eigenvalue weighted by Gasteiger charge is 2.04. The van der Waals surface area contributed by atoms with Crippen molar-refractivity contribution < 1.29 is 4.74 Å². The van der Waals surface area contributed by atoms with Crippen molar-refractivity contribution in [3.05, 3.63) is 53.3 Å². The van der Waals surface area contributed by atoms with Gasteiger partial charge in [-0.2, -0.15) is 0 Å². The van der Waals surface area contributed by atoms with Crippen LogP contribution in [0.2, 0.25) is 5.02 Å². The van der Waals surface area contributed by atoms with Gasteiger partial charge in [-0.25, -0.2) is 4.99 Å². The Morgan fingerprint density at radius 3 is 2.74 bits per heavy atom.